The number of phenolic OH excluding ortho intramolecular Hbond substituents is 1. The van der Waals surface area contributed by atoms with E-state index in [1.165, 1.54) is 0 Å². The van der Waals surface area contributed by atoms with E-state index in [4.69, 9.17) is 10.2 Å². The van der Waals surface area contributed by atoms with Crippen LogP contribution in [0.2, 0.25) is 0 Å². The van der Waals surface area contributed by atoms with Crippen LogP contribution in [0.15, 0.2) is 12.1 Å². The molecule has 3 N–H and O–H groups in total. The highest BCUT2D eigenvalue weighted by molar-refractivity contribution is 5.94. The Bertz CT molecular complexity index is 594. The average Bonchev–Trinajstić information content (AvgIpc) is 2.44. The van der Waals surface area contributed by atoms with Crippen LogP contribution in [-0.2, 0) is 4.79 Å². The lowest BCUT2D eigenvalue weighted by Crippen LogP contribution is -2.54. The number of benzene rings is 1. The van der Waals surface area contributed by atoms with Crippen molar-refractivity contribution in [3.8, 4) is 5.75 Å². The van der Waals surface area contributed by atoms with Crippen molar-refractivity contribution in [2.45, 2.75) is 31.8 Å². The van der Waals surface area contributed by atoms with E-state index in [-0.39, 0.29) is 24.2 Å². The molecule has 2 rings (SSSR count). The molecule has 0 heterocycles. The fourth-order valence-electron chi connectivity index (χ4n) is 2.64. The summed E-state index contributed by atoms with van der Waals surface area (Å²) in [6.07, 6.45) is 1.16. The number of aliphatic carboxylic acids is 1. The molecule has 1 fully saturated rings. The summed E-state index contributed by atoms with van der Waals surface area (Å²) in [5.74, 6) is -5.04. The number of carboxylic acid groups (broad SMARTS) is 1. The first-order valence-electron chi connectivity index (χ1n) is 7.26. The molecule has 1 aliphatic rings. The van der Waals surface area contributed by atoms with Gasteiger partial charge in [-0.2, -0.15) is 0 Å². The quantitative estimate of drug-likeness (QED) is 0.733. The summed E-state index contributed by atoms with van der Waals surface area (Å²) in [7, 11) is 0. The fourth-order valence-corrected chi connectivity index (χ4v) is 2.64. The lowest BCUT2D eigenvalue weighted by atomic mass is 9.85. The number of hydrogen-bond donors (Lipinski definition) is 3. The van der Waals surface area contributed by atoms with Gasteiger partial charge in [0.25, 0.3) is 5.91 Å². The molecule has 8 heteroatoms. The monoisotopic (exact) mass is 328 g/mol. The summed E-state index contributed by atoms with van der Waals surface area (Å²) in [6.45, 7) is 2.39. The molecule has 1 saturated carbocycles. The molecule has 0 saturated heterocycles. The average molecular weight is 328 g/mol. The third-order valence-electron chi connectivity index (χ3n) is 3.99. The van der Waals surface area contributed by atoms with Crippen molar-refractivity contribution >= 4 is 11.9 Å². The Hall–Kier alpha value is -2.22. The number of phenols is 1. The molecule has 0 atom stereocenters. The zero-order chi connectivity index (χ0) is 17.1. The van der Waals surface area contributed by atoms with Gasteiger partial charge in [-0.15, -0.1) is 0 Å². The molecule has 1 aromatic rings. The number of amides is 1. The van der Waals surface area contributed by atoms with Crippen LogP contribution in [0.3, 0.4) is 0 Å². The van der Waals surface area contributed by atoms with Crippen LogP contribution in [0, 0.1) is 11.6 Å². The van der Waals surface area contributed by atoms with Crippen LogP contribution in [0.1, 0.15) is 30.1 Å². The minimum Gasteiger partial charge on any atom is -0.503 e. The van der Waals surface area contributed by atoms with Crippen molar-refractivity contribution in [1.29, 1.82) is 0 Å². The number of rotatable bonds is 6. The topological polar surface area (TPSA) is 89.9 Å². The van der Waals surface area contributed by atoms with Crippen molar-refractivity contribution in [3.05, 3.63) is 29.3 Å². The maximum atomic E-state index is 13.2. The van der Waals surface area contributed by atoms with Crippen molar-refractivity contribution in [1.82, 2.24) is 10.2 Å². The Balaban J connectivity index is 1.90. The van der Waals surface area contributed by atoms with Gasteiger partial charge in [-0.25, -0.2) is 8.78 Å². The largest absolute Gasteiger partial charge is 0.503 e. The zero-order valence-electron chi connectivity index (χ0n) is 12.6. The number of nitrogens with one attached hydrogen (secondary N) is 1. The smallest absolute Gasteiger partial charge is 0.317 e. The number of carbonyl (C=O) groups excluding carboxylic acids is 1. The van der Waals surface area contributed by atoms with E-state index in [9.17, 15) is 18.4 Å². The lowest BCUT2D eigenvalue weighted by molar-refractivity contribution is -0.139. The highest BCUT2D eigenvalue weighted by atomic mass is 19.1. The van der Waals surface area contributed by atoms with E-state index < -0.39 is 29.3 Å². The molecule has 126 valence electrons. The Labute approximate surface area is 131 Å². The van der Waals surface area contributed by atoms with Crippen molar-refractivity contribution in [2.24, 2.45) is 0 Å². The maximum absolute atomic E-state index is 13.2. The van der Waals surface area contributed by atoms with Crippen molar-refractivity contribution in [2.75, 3.05) is 13.1 Å². The molecule has 23 heavy (non-hydrogen) atoms. The molecule has 1 aliphatic carbocycles. The molecular weight excluding hydrogens is 310 g/mol. The van der Waals surface area contributed by atoms with E-state index in [1.54, 1.807) is 4.90 Å². The minimum atomic E-state index is -1.19. The molecular formula is C15H18F2N2O4. The van der Waals surface area contributed by atoms with E-state index in [0.29, 0.717) is 19.4 Å². The Morgan fingerprint density at radius 1 is 1.30 bits per heavy atom. The van der Waals surface area contributed by atoms with Gasteiger partial charge in [-0.05, 0) is 31.5 Å². The van der Waals surface area contributed by atoms with E-state index in [1.807, 2.05) is 6.92 Å². The summed E-state index contributed by atoms with van der Waals surface area (Å²) in [5, 5.41) is 20.5. The molecule has 0 unspecified atom stereocenters. The molecule has 0 bridgehead atoms. The molecule has 6 nitrogen and oxygen atoms in total. The Kier molecular flexibility index (Phi) is 5.15. The number of hydrogen-bond acceptors (Lipinski definition) is 4. The van der Waals surface area contributed by atoms with Gasteiger partial charge in [0.1, 0.15) is 0 Å². The van der Waals surface area contributed by atoms with Crippen LogP contribution in [-0.4, -0.2) is 52.2 Å². The highest BCUT2D eigenvalue weighted by Crippen LogP contribution is 2.26. The van der Waals surface area contributed by atoms with Crippen LogP contribution in [0.4, 0.5) is 8.78 Å². The number of aromatic hydroxyl groups is 1. The van der Waals surface area contributed by atoms with Crippen molar-refractivity contribution in [3.63, 3.8) is 0 Å². The SMILES string of the molecule is CCN(CC(=O)O)C1CC(NC(=O)c2cc(F)c(O)c(F)c2)C1. The highest BCUT2D eigenvalue weighted by Gasteiger charge is 2.34. The standard InChI is InChI=1S/C15H18F2N2O4/c1-2-19(7-13(20)21)10-5-9(6-10)18-15(23)8-3-11(16)14(22)12(17)4-8/h3-4,9-10,22H,2,5-7H2,1H3,(H,18,23)(H,20,21). The van der Waals surface area contributed by atoms with Gasteiger partial charge in [-0.1, -0.05) is 6.92 Å². The fraction of sp³-hybridized carbons (Fsp3) is 0.467. The van der Waals surface area contributed by atoms with E-state index >= 15 is 0 Å². The molecule has 0 radical (unpaired) electrons. The molecule has 0 spiro atoms. The number of nitrogens with zero attached hydrogens (tertiary/aromatic N) is 1. The van der Waals surface area contributed by atoms with Crippen LogP contribution in [0.25, 0.3) is 0 Å². The zero-order valence-corrected chi connectivity index (χ0v) is 12.6. The maximum Gasteiger partial charge on any atom is 0.317 e. The third-order valence-corrected chi connectivity index (χ3v) is 3.99. The molecule has 0 aliphatic heterocycles. The van der Waals surface area contributed by atoms with Gasteiger partial charge in [-0.3, -0.25) is 14.5 Å². The molecule has 1 amide bonds. The molecule has 0 aromatic heterocycles. The van der Waals surface area contributed by atoms with E-state index in [2.05, 4.69) is 5.32 Å². The van der Waals surface area contributed by atoms with Gasteiger partial charge in [0.05, 0.1) is 6.54 Å². The predicted octanol–water partition coefficient (Wildman–Crippen LogP) is 1.34. The van der Waals surface area contributed by atoms with Gasteiger partial charge in [0, 0.05) is 17.6 Å². The summed E-state index contributed by atoms with van der Waals surface area (Å²) in [6, 6.07) is 1.43. The summed E-state index contributed by atoms with van der Waals surface area (Å²) in [5.41, 5.74) is -0.209. The number of likely N-dealkylation sites (N-methyl/N-ethyl adjacent to an activating group) is 1. The van der Waals surface area contributed by atoms with Gasteiger partial charge in [0.2, 0.25) is 0 Å². The number of carboxylic acids is 1. The summed E-state index contributed by atoms with van der Waals surface area (Å²) in [4.78, 5) is 24.5. The summed E-state index contributed by atoms with van der Waals surface area (Å²) >= 11 is 0. The Morgan fingerprint density at radius 2 is 1.87 bits per heavy atom. The number of halogens is 2. The van der Waals surface area contributed by atoms with E-state index in [0.717, 1.165) is 12.1 Å². The van der Waals surface area contributed by atoms with Crippen LogP contribution < -0.4 is 5.32 Å². The van der Waals surface area contributed by atoms with Gasteiger partial charge in [0.15, 0.2) is 17.4 Å². The second-order valence-electron chi connectivity index (χ2n) is 5.54. The van der Waals surface area contributed by atoms with Gasteiger partial charge >= 0.3 is 5.97 Å². The second-order valence-corrected chi connectivity index (χ2v) is 5.54. The molecule has 1 aromatic carbocycles. The minimum absolute atomic E-state index is 0.0593. The first-order chi connectivity index (χ1) is 10.8. The first-order valence-corrected chi connectivity index (χ1v) is 7.26. The third kappa shape index (κ3) is 3.95. The Morgan fingerprint density at radius 3 is 2.35 bits per heavy atom. The van der Waals surface area contributed by atoms with Crippen LogP contribution in [0.5, 0.6) is 5.75 Å². The van der Waals surface area contributed by atoms with Crippen LogP contribution >= 0.6 is 0 Å². The second kappa shape index (κ2) is 6.91. The predicted molar refractivity (Wildman–Crippen MR) is 77.2 cm³/mol. The lowest BCUT2D eigenvalue weighted by Gasteiger charge is -2.42. The summed E-state index contributed by atoms with van der Waals surface area (Å²) < 4.78 is 26.5. The first kappa shape index (κ1) is 17.1. The van der Waals surface area contributed by atoms with Crippen molar-refractivity contribution < 1.29 is 28.6 Å². The number of carbonyl (C=O) groups is 2. The van der Waals surface area contributed by atoms with Gasteiger partial charge < -0.3 is 15.5 Å². The normalized spacial score (nSPS) is 20.2.